The molecule has 0 saturated heterocycles. The van der Waals surface area contributed by atoms with Crippen LogP contribution < -0.4 is 14.5 Å². The zero-order valence-corrected chi connectivity index (χ0v) is 18.5. The van der Waals surface area contributed by atoms with Gasteiger partial charge < -0.3 is 10.2 Å². The Labute approximate surface area is 184 Å². The molecule has 0 aliphatic rings. The first-order valence-electron chi connectivity index (χ1n) is 10.1. The van der Waals surface area contributed by atoms with Crippen molar-refractivity contribution >= 4 is 27.3 Å². The number of anilines is 2. The Morgan fingerprint density at radius 3 is 2.00 bits per heavy atom. The molecule has 6 nitrogen and oxygen atoms in total. The smallest absolute Gasteiger partial charge is 0.264 e. The minimum absolute atomic E-state index is 0.178. The zero-order valence-electron chi connectivity index (χ0n) is 17.7. The van der Waals surface area contributed by atoms with E-state index in [4.69, 9.17) is 0 Å². The molecule has 0 bridgehead atoms. The van der Waals surface area contributed by atoms with Crippen molar-refractivity contribution < 1.29 is 13.2 Å². The maximum Gasteiger partial charge on any atom is 0.264 e. The molecule has 1 amide bonds. The lowest BCUT2D eigenvalue weighted by Crippen LogP contribution is -2.28. The van der Waals surface area contributed by atoms with Crippen molar-refractivity contribution in [3.05, 3.63) is 90.5 Å². The summed E-state index contributed by atoms with van der Waals surface area (Å²) in [5, 5.41) is 2.91. The van der Waals surface area contributed by atoms with Crippen LogP contribution in [-0.2, 0) is 10.0 Å². The molecule has 0 atom stereocenters. The number of amides is 1. The van der Waals surface area contributed by atoms with Gasteiger partial charge in [0, 0.05) is 38.4 Å². The van der Waals surface area contributed by atoms with Crippen molar-refractivity contribution in [1.29, 1.82) is 0 Å². The SMILES string of the molecule is CN(CCCNC(=O)c1ccc(N(C)S(=O)(=O)c2ccccc2)cc1)c1ccccc1. The predicted octanol–water partition coefficient (Wildman–Crippen LogP) is 3.77. The molecule has 0 heterocycles. The van der Waals surface area contributed by atoms with Gasteiger partial charge in [0.2, 0.25) is 0 Å². The van der Waals surface area contributed by atoms with Gasteiger partial charge in [-0.05, 0) is 55.0 Å². The van der Waals surface area contributed by atoms with Crippen molar-refractivity contribution in [1.82, 2.24) is 5.32 Å². The van der Waals surface area contributed by atoms with Gasteiger partial charge in [0.25, 0.3) is 15.9 Å². The minimum atomic E-state index is -3.65. The average molecular weight is 438 g/mol. The highest BCUT2D eigenvalue weighted by Gasteiger charge is 2.21. The molecule has 0 saturated carbocycles. The van der Waals surface area contributed by atoms with E-state index >= 15 is 0 Å². The summed E-state index contributed by atoms with van der Waals surface area (Å²) in [4.78, 5) is 14.8. The van der Waals surface area contributed by atoms with E-state index in [9.17, 15) is 13.2 Å². The summed E-state index contributed by atoms with van der Waals surface area (Å²) in [5.41, 5.74) is 2.12. The Kier molecular flexibility index (Phi) is 7.31. The normalized spacial score (nSPS) is 11.0. The third-order valence-electron chi connectivity index (χ3n) is 5.05. The van der Waals surface area contributed by atoms with Crippen LogP contribution in [0.25, 0.3) is 0 Å². The maximum absolute atomic E-state index is 12.7. The number of nitrogens with one attached hydrogen (secondary N) is 1. The quantitative estimate of drug-likeness (QED) is 0.518. The molecule has 31 heavy (non-hydrogen) atoms. The van der Waals surface area contributed by atoms with Crippen LogP contribution in [0, 0.1) is 0 Å². The molecule has 0 radical (unpaired) electrons. The van der Waals surface area contributed by atoms with Gasteiger partial charge in [-0.15, -0.1) is 0 Å². The van der Waals surface area contributed by atoms with Crippen molar-refractivity contribution in [2.75, 3.05) is 36.4 Å². The van der Waals surface area contributed by atoms with Crippen LogP contribution in [0.15, 0.2) is 89.8 Å². The number of hydrogen-bond donors (Lipinski definition) is 1. The number of para-hydroxylation sites is 1. The second-order valence-electron chi connectivity index (χ2n) is 7.20. The summed E-state index contributed by atoms with van der Waals surface area (Å²) in [5.74, 6) is -0.178. The number of carbonyl (C=O) groups is 1. The van der Waals surface area contributed by atoms with Crippen LogP contribution in [0.1, 0.15) is 16.8 Å². The van der Waals surface area contributed by atoms with Crippen LogP contribution in [-0.4, -0.2) is 41.5 Å². The first-order chi connectivity index (χ1) is 14.9. The molecular weight excluding hydrogens is 410 g/mol. The van der Waals surface area contributed by atoms with E-state index in [2.05, 4.69) is 22.3 Å². The number of carbonyl (C=O) groups excluding carboxylic acids is 1. The number of hydrogen-bond acceptors (Lipinski definition) is 4. The fourth-order valence-corrected chi connectivity index (χ4v) is 4.36. The summed E-state index contributed by atoms with van der Waals surface area (Å²) in [6.45, 7) is 1.38. The molecule has 7 heteroatoms. The van der Waals surface area contributed by atoms with Crippen LogP contribution in [0.5, 0.6) is 0 Å². The van der Waals surface area contributed by atoms with Gasteiger partial charge in [-0.3, -0.25) is 9.10 Å². The topological polar surface area (TPSA) is 69.7 Å². The van der Waals surface area contributed by atoms with E-state index < -0.39 is 10.0 Å². The van der Waals surface area contributed by atoms with Crippen LogP contribution in [0.2, 0.25) is 0 Å². The Morgan fingerprint density at radius 2 is 1.39 bits per heavy atom. The first-order valence-corrected chi connectivity index (χ1v) is 11.5. The van der Waals surface area contributed by atoms with E-state index in [1.54, 1.807) is 54.6 Å². The lowest BCUT2D eigenvalue weighted by atomic mass is 10.2. The molecule has 0 aliphatic carbocycles. The molecule has 0 spiro atoms. The fraction of sp³-hybridized carbons (Fsp3) is 0.208. The summed E-state index contributed by atoms with van der Waals surface area (Å²) in [6, 6.07) is 24.9. The van der Waals surface area contributed by atoms with Crippen LogP contribution in [0.3, 0.4) is 0 Å². The van der Waals surface area contributed by atoms with Gasteiger partial charge in [0.1, 0.15) is 0 Å². The third-order valence-corrected chi connectivity index (χ3v) is 6.85. The Balaban J connectivity index is 1.53. The molecule has 3 aromatic rings. The average Bonchev–Trinajstić information content (AvgIpc) is 2.82. The number of nitrogens with zero attached hydrogens (tertiary/aromatic N) is 2. The zero-order chi connectivity index (χ0) is 22.3. The molecule has 3 aromatic carbocycles. The van der Waals surface area contributed by atoms with E-state index in [-0.39, 0.29) is 10.8 Å². The molecule has 1 N–H and O–H groups in total. The second kappa shape index (κ2) is 10.1. The molecule has 162 valence electrons. The largest absolute Gasteiger partial charge is 0.375 e. The fourth-order valence-electron chi connectivity index (χ4n) is 3.14. The lowest BCUT2D eigenvalue weighted by molar-refractivity contribution is 0.0953. The van der Waals surface area contributed by atoms with Gasteiger partial charge in [0.05, 0.1) is 10.6 Å². The Morgan fingerprint density at radius 1 is 0.806 bits per heavy atom. The second-order valence-corrected chi connectivity index (χ2v) is 9.17. The van der Waals surface area contributed by atoms with E-state index in [0.717, 1.165) is 18.7 Å². The van der Waals surface area contributed by atoms with Crippen LogP contribution in [0.4, 0.5) is 11.4 Å². The van der Waals surface area contributed by atoms with Gasteiger partial charge in [-0.1, -0.05) is 36.4 Å². The Hall–Kier alpha value is -3.32. The lowest BCUT2D eigenvalue weighted by Gasteiger charge is -2.20. The minimum Gasteiger partial charge on any atom is -0.375 e. The summed E-state index contributed by atoms with van der Waals surface area (Å²) in [7, 11) is -0.121. The summed E-state index contributed by atoms with van der Waals surface area (Å²) >= 11 is 0. The standard InChI is InChI=1S/C24H27N3O3S/c1-26(21-10-5-3-6-11-21)19-9-18-25-24(28)20-14-16-22(17-15-20)27(2)31(29,30)23-12-7-4-8-13-23/h3-8,10-17H,9,18-19H2,1-2H3,(H,25,28). The monoisotopic (exact) mass is 437 g/mol. The molecule has 3 rings (SSSR count). The van der Waals surface area contributed by atoms with Crippen molar-refractivity contribution in [3.63, 3.8) is 0 Å². The number of sulfonamides is 1. The highest BCUT2D eigenvalue weighted by atomic mass is 32.2. The molecule has 0 fully saturated rings. The van der Waals surface area contributed by atoms with Crippen molar-refractivity contribution in [3.8, 4) is 0 Å². The third kappa shape index (κ3) is 5.64. The van der Waals surface area contributed by atoms with Gasteiger partial charge in [0.15, 0.2) is 0 Å². The summed E-state index contributed by atoms with van der Waals surface area (Å²) < 4.78 is 26.7. The number of rotatable bonds is 9. The Bertz CT molecular complexity index is 1090. The number of benzene rings is 3. The highest BCUT2D eigenvalue weighted by molar-refractivity contribution is 7.92. The van der Waals surface area contributed by atoms with Crippen LogP contribution >= 0.6 is 0 Å². The van der Waals surface area contributed by atoms with Gasteiger partial charge in [-0.2, -0.15) is 0 Å². The van der Waals surface area contributed by atoms with Crippen molar-refractivity contribution in [2.24, 2.45) is 0 Å². The first kappa shape index (κ1) is 22.4. The van der Waals surface area contributed by atoms with E-state index in [1.807, 2.05) is 25.2 Å². The van der Waals surface area contributed by atoms with Crippen molar-refractivity contribution in [2.45, 2.75) is 11.3 Å². The molecule has 0 aromatic heterocycles. The van der Waals surface area contributed by atoms with E-state index in [1.165, 1.54) is 11.4 Å². The predicted molar refractivity (Wildman–Crippen MR) is 125 cm³/mol. The van der Waals surface area contributed by atoms with Gasteiger partial charge in [-0.25, -0.2) is 8.42 Å². The highest BCUT2D eigenvalue weighted by Crippen LogP contribution is 2.22. The summed E-state index contributed by atoms with van der Waals surface area (Å²) in [6.07, 6.45) is 0.813. The molecule has 0 aliphatic heterocycles. The van der Waals surface area contributed by atoms with E-state index in [0.29, 0.717) is 17.8 Å². The molecular formula is C24H27N3O3S. The molecule has 0 unspecified atom stereocenters. The van der Waals surface area contributed by atoms with Gasteiger partial charge >= 0.3 is 0 Å². The maximum atomic E-state index is 12.7.